The van der Waals surface area contributed by atoms with Crippen molar-refractivity contribution in [1.29, 1.82) is 0 Å². The highest BCUT2D eigenvalue weighted by molar-refractivity contribution is 5.84. The fourth-order valence-electron chi connectivity index (χ4n) is 1.50. The van der Waals surface area contributed by atoms with Gasteiger partial charge in [-0.3, -0.25) is 9.59 Å². The molecule has 20 heavy (non-hydrogen) atoms. The van der Waals surface area contributed by atoms with Crippen LogP contribution in [0.3, 0.4) is 0 Å². The van der Waals surface area contributed by atoms with E-state index in [1.807, 2.05) is 0 Å². The van der Waals surface area contributed by atoms with Crippen LogP contribution in [-0.2, 0) is 16.0 Å². The molecule has 0 aliphatic carbocycles. The Morgan fingerprint density at radius 3 is 2.35 bits per heavy atom. The first-order valence-corrected chi connectivity index (χ1v) is 6.33. The van der Waals surface area contributed by atoms with Crippen molar-refractivity contribution in [3.8, 4) is 5.75 Å². The van der Waals surface area contributed by atoms with E-state index in [4.69, 9.17) is 11.5 Å². The third-order valence-corrected chi connectivity index (χ3v) is 3.10. The van der Waals surface area contributed by atoms with Crippen molar-refractivity contribution in [2.45, 2.75) is 26.3 Å². The predicted molar refractivity (Wildman–Crippen MR) is 75.8 cm³/mol. The summed E-state index contributed by atoms with van der Waals surface area (Å²) in [7, 11) is 0. The first kappa shape index (κ1) is 16.0. The second-order valence-corrected chi connectivity index (χ2v) is 5.44. The summed E-state index contributed by atoms with van der Waals surface area (Å²) in [6.07, 6.45) is 0.350. The minimum Gasteiger partial charge on any atom is -0.508 e. The van der Waals surface area contributed by atoms with E-state index >= 15 is 0 Å². The van der Waals surface area contributed by atoms with E-state index in [2.05, 4.69) is 5.32 Å². The minimum atomic E-state index is -0.812. The molecule has 0 radical (unpaired) electrons. The first-order valence-electron chi connectivity index (χ1n) is 6.33. The first-order chi connectivity index (χ1) is 9.22. The van der Waals surface area contributed by atoms with Crippen molar-refractivity contribution in [1.82, 2.24) is 5.32 Å². The molecule has 0 heterocycles. The molecule has 0 aromatic heterocycles. The number of carbonyl (C=O) groups excluding carboxylic acids is 2. The van der Waals surface area contributed by atoms with Gasteiger partial charge in [-0.2, -0.15) is 0 Å². The molecule has 6 N–H and O–H groups in total. The van der Waals surface area contributed by atoms with E-state index in [-0.39, 0.29) is 18.2 Å². The quantitative estimate of drug-likeness (QED) is 0.581. The number of aromatic hydroxyl groups is 1. The molecule has 0 fully saturated rings. The molecule has 0 unspecified atom stereocenters. The second kappa shape index (κ2) is 6.38. The molecule has 0 saturated carbocycles. The van der Waals surface area contributed by atoms with E-state index < -0.39 is 17.4 Å². The maximum absolute atomic E-state index is 11.8. The molecule has 1 atom stereocenters. The van der Waals surface area contributed by atoms with Crippen molar-refractivity contribution in [3.05, 3.63) is 29.8 Å². The van der Waals surface area contributed by atoms with Crippen molar-refractivity contribution in [3.63, 3.8) is 0 Å². The van der Waals surface area contributed by atoms with Gasteiger partial charge in [0.05, 0.1) is 11.5 Å². The van der Waals surface area contributed by atoms with E-state index in [0.717, 1.165) is 5.56 Å². The Morgan fingerprint density at radius 2 is 1.85 bits per heavy atom. The highest BCUT2D eigenvalue weighted by atomic mass is 16.3. The summed E-state index contributed by atoms with van der Waals surface area (Å²) in [5.41, 5.74) is 11.1. The number of hydrogen-bond acceptors (Lipinski definition) is 4. The molecule has 0 saturated heterocycles. The number of benzene rings is 1. The summed E-state index contributed by atoms with van der Waals surface area (Å²) < 4.78 is 0. The average molecular weight is 279 g/mol. The lowest BCUT2D eigenvalue weighted by molar-refractivity contribution is -0.127. The summed E-state index contributed by atoms with van der Waals surface area (Å²) >= 11 is 0. The van der Waals surface area contributed by atoms with Crippen LogP contribution >= 0.6 is 0 Å². The van der Waals surface area contributed by atoms with Crippen LogP contribution in [0.4, 0.5) is 0 Å². The molecule has 1 aromatic carbocycles. The molecule has 1 aromatic rings. The topological polar surface area (TPSA) is 118 Å². The Morgan fingerprint density at radius 1 is 1.30 bits per heavy atom. The number of phenols is 1. The Bertz CT molecular complexity index is 483. The molecule has 6 heteroatoms. The van der Waals surface area contributed by atoms with Crippen molar-refractivity contribution < 1.29 is 14.7 Å². The Balaban J connectivity index is 2.51. The van der Waals surface area contributed by atoms with Crippen LogP contribution in [0, 0.1) is 5.41 Å². The van der Waals surface area contributed by atoms with Crippen LogP contribution in [0.25, 0.3) is 0 Å². The molecule has 0 spiro atoms. The molecular formula is C14H21N3O3. The van der Waals surface area contributed by atoms with Gasteiger partial charge in [-0.1, -0.05) is 12.1 Å². The summed E-state index contributed by atoms with van der Waals surface area (Å²) in [4.78, 5) is 23.0. The monoisotopic (exact) mass is 279 g/mol. The summed E-state index contributed by atoms with van der Waals surface area (Å²) in [5.74, 6) is -0.660. The van der Waals surface area contributed by atoms with Gasteiger partial charge in [-0.25, -0.2) is 0 Å². The van der Waals surface area contributed by atoms with Gasteiger partial charge < -0.3 is 21.9 Å². The van der Waals surface area contributed by atoms with E-state index in [0.29, 0.717) is 6.42 Å². The van der Waals surface area contributed by atoms with Gasteiger partial charge in [0.1, 0.15) is 5.75 Å². The maximum atomic E-state index is 11.8. The lowest BCUT2D eigenvalue weighted by atomic mass is 9.92. The summed E-state index contributed by atoms with van der Waals surface area (Å²) in [6.45, 7) is 3.45. The smallest absolute Gasteiger partial charge is 0.237 e. The number of primary amides is 1. The van der Waals surface area contributed by atoms with Crippen LogP contribution in [0.2, 0.25) is 0 Å². The van der Waals surface area contributed by atoms with Gasteiger partial charge in [-0.05, 0) is 38.0 Å². The summed E-state index contributed by atoms with van der Waals surface area (Å²) in [5, 5.41) is 11.8. The second-order valence-electron chi connectivity index (χ2n) is 5.44. The zero-order chi connectivity index (χ0) is 15.3. The van der Waals surface area contributed by atoms with Crippen molar-refractivity contribution >= 4 is 11.8 Å². The number of hydrogen-bond donors (Lipinski definition) is 4. The number of nitrogens with two attached hydrogens (primary N) is 2. The van der Waals surface area contributed by atoms with Crippen molar-refractivity contribution in [2.75, 3.05) is 6.54 Å². The van der Waals surface area contributed by atoms with Crippen LogP contribution in [-0.4, -0.2) is 29.5 Å². The molecule has 0 bridgehead atoms. The number of rotatable bonds is 6. The van der Waals surface area contributed by atoms with Crippen molar-refractivity contribution in [2.24, 2.45) is 16.9 Å². The van der Waals surface area contributed by atoms with Gasteiger partial charge >= 0.3 is 0 Å². The standard InChI is InChI=1S/C14H21N3O3/c1-14(2,13(16)20)8-17-12(19)11(15)7-9-3-5-10(18)6-4-9/h3-6,11,18H,7-8,15H2,1-2H3,(H2,16,20)(H,17,19)/t11-/m1/s1. The number of carbonyl (C=O) groups is 2. The van der Waals surface area contributed by atoms with Crippen LogP contribution in [0.1, 0.15) is 19.4 Å². The maximum Gasteiger partial charge on any atom is 0.237 e. The third-order valence-electron chi connectivity index (χ3n) is 3.10. The molecule has 110 valence electrons. The normalized spacial score (nSPS) is 12.8. The lowest BCUT2D eigenvalue weighted by Gasteiger charge is -2.22. The number of amides is 2. The third kappa shape index (κ3) is 4.55. The van der Waals surface area contributed by atoms with Gasteiger partial charge in [0, 0.05) is 6.54 Å². The van der Waals surface area contributed by atoms with E-state index in [9.17, 15) is 14.7 Å². The Kier molecular flexibility index (Phi) is 5.10. The zero-order valence-electron chi connectivity index (χ0n) is 11.7. The SMILES string of the molecule is CC(C)(CNC(=O)[C@H](N)Cc1ccc(O)cc1)C(N)=O. The number of nitrogens with one attached hydrogen (secondary N) is 1. The molecule has 1 rings (SSSR count). The van der Waals surface area contributed by atoms with Gasteiger partial charge in [0.2, 0.25) is 11.8 Å². The molecule has 2 amide bonds. The Hall–Kier alpha value is -2.08. The molecule has 0 aliphatic rings. The number of phenolic OH excluding ortho intramolecular Hbond substituents is 1. The van der Waals surface area contributed by atoms with Crippen LogP contribution < -0.4 is 16.8 Å². The summed E-state index contributed by atoms with van der Waals surface area (Å²) in [6, 6.07) is 5.76. The predicted octanol–water partition coefficient (Wildman–Crippen LogP) is -0.110. The van der Waals surface area contributed by atoms with Gasteiger partial charge in [0.15, 0.2) is 0 Å². The lowest BCUT2D eigenvalue weighted by Crippen LogP contribution is -2.48. The zero-order valence-corrected chi connectivity index (χ0v) is 11.7. The highest BCUT2D eigenvalue weighted by Crippen LogP contribution is 2.13. The van der Waals surface area contributed by atoms with Gasteiger partial charge in [-0.15, -0.1) is 0 Å². The fraction of sp³-hybridized carbons (Fsp3) is 0.429. The molecule has 0 aliphatic heterocycles. The van der Waals surface area contributed by atoms with E-state index in [1.54, 1.807) is 26.0 Å². The highest BCUT2D eigenvalue weighted by Gasteiger charge is 2.26. The molecular weight excluding hydrogens is 258 g/mol. The molecule has 6 nitrogen and oxygen atoms in total. The van der Waals surface area contributed by atoms with Crippen LogP contribution in [0.5, 0.6) is 5.75 Å². The average Bonchev–Trinajstić information content (AvgIpc) is 2.38. The Labute approximate surface area is 118 Å². The van der Waals surface area contributed by atoms with Crippen LogP contribution in [0.15, 0.2) is 24.3 Å². The van der Waals surface area contributed by atoms with E-state index in [1.165, 1.54) is 12.1 Å². The largest absolute Gasteiger partial charge is 0.508 e. The van der Waals surface area contributed by atoms with Gasteiger partial charge in [0.25, 0.3) is 0 Å². The minimum absolute atomic E-state index is 0.143. The fourth-order valence-corrected chi connectivity index (χ4v) is 1.50.